The predicted octanol–water partition coefficient (Wildman–Crippen LogP) is -2.59. The normalized spacial score (nSPS) is 15.4. The van der Waals surface area contributed by atoms with Crippen LogP contribution in [0.4, 0.5) is 0 Å². The van der Waals surface area contributed by atoms with Gasteiger partial charge in [-0.05, 0) is 32.1 Å². The lowest BCUT2D eigenvalue weighted by Crippen LogP contribution is -2.60. The third-order valence-electron chi connectivity index (χ3n) is 4.70. The van der Waals surface area contributed by atoms with E-state index in [1.165, 1.54) is 0 Å². The number of primary amides is 1. The van der Waals surface area contributed by atoms with Gasteiger partial charge < -0.3 is 42.7 Å². The second-order valence-corrected chi connectivity index (χ2v) is 8.36. The summed E-state index contributed by atoms with van der Waals surface area (Å²) in [6.45, 7) is 4.85. The first-order valence-electron chi connectivity index (χ1n) is 10.7. The molecular formula is C20H35N5O9. The van der Waals surface area contributed by atoms with Gasteiger partial charge in [0.25, 0.3) is 0 Å². The standard InChI is InChI=1S/C20H35N5O9/c1-9(2)8-11(21)17(30)23-12(4-6-14(22)27)18(31)25-16(10(3)26)19(32)24-13(20(33)34)5-7-15(28)29/h9-13,16,26H,4-8,21H2,1-3H3,(H2,22,27)(H,23,30)(H,24,32)(H,25,31)(H,28,29)(H,33,34). The summed E-state index contributed by atoms with van der Waals surface area (Å²) >= 11 is 0. The van der Waals surface area contributed by atoms with Crippen molar-refractivity contribution in [2.75, 3.05) is 0 Å². The first kappa shape index (κ1) is 30.7. The lowest BCUT2D eigenvalue weighted by Gasteiger charge is -2.26. The van der Waals surface area contributed by atoms with Crippen LogP contribution in [0.1, 0.15) is 52.9 Å². The number of aliphatic carboxylic acids is 2. The zero-order valence-corrected chi connectivity index (χ0v) is 19.4. The topological polar surface area (TPSA) is 251 Å². The molecule has 0 aliphatic rings. The van der Waals surface area contributed by atoms with Crippen LogP contribution in [-0.2, 0) is 28.8 Å². The van der Waals surface area contributed by atoms with E-state index in [4.69, 9.17) is 16.6 Å². The average Bonchev–Trinajstić information content (AvgIpc) is 2.70. The molecule has 0 aromatic heterocycles. The van der Waals surface area contributed by atoms with Crippen LogP contribution in [0, 0.1) is 5.92 Å². The van der Waals surface area contributed by atoms with Crippen molar-refractivity contribution in [1.82, 2.24) is 16.0 Å². The molecule has 0 rings (SSSR count). The molecule has 14 heteroatoms. The van der Waals surface area contributed by atoms with Crippen molar-refractivity contribution in [3.8, 4) is 0 Å². The third-order valence-corrected chi connectivity index (χ3v) is 4.70. The van der Waals surface area contributed by atoms with E-state index < -0.39 is 78.7 Å². The first-order chi connectivity index (χ1) is 15.6. The van der Waals surface area contributed by atoms with E-state index in [0.29, 0.717) is 6.42 Å². The molecule has 0 radical (unpaired) electrons. The number of hydrogen-bond acceptors (Lipinski definition) is 8. The maximum Gasteiger partial charge on any atom is 0.326 e. The van der Waals surface area contributed by atoms with Crippen LogP contribution < -0.4 is 27.4 Å². The van der Waals surface area contributed by atoms with Crippen molar-refractivity contribution < 1.29 is 44.1 Å². The highest BCUT2D eigenvalue weighted by Gasteiger charge is 2.33. The minimum absolute atomic E-state index is 0.0882. The molecule has 0 saturated carbocycles. The molecule has 4 amide bonds. The summed E-state index contributed by atoms with van der Waals surface area (Å²) < 4.78 is 0. The van der Waals surface area contributed by atoms with Gasteiger partial charge in [-0.25, -0.2) is 4.79 Å². The van der Waals surface area contributed by atoms with Crippen LogP contribution in [0.2, 0.25) is 0 Å². The van der Waals surface area contributed by atoms with E-state index in [1.54, 1.807) is 0 Å². The molecule has 0 aromatic rings. The summed E-state index contributed by atoms with van der Waals surface area (Å²) in [5, 5.41) is 34.6. The molecule has 0 spiro atoms. The Morgan fingerprint density at radius 2 is 1.32 bits per heavy atom. The molecule has 0 saturated heterocycles. The number of nitrogens with one attached hydrogen (secondary N) is 3. The summed E-state index contributed by atoms with van der Waals surface area (Å²) in [6, 6.07) is -5.49. The number of aliphatic hydroxyl groups excluding tert-OH is 1. The number of carbonyl (C=O) groups excluding carboxylic acids is 4. The molecule has 0 heterocycles. The van der Waals surface area contributed by atoms with Gasteiger partial charge in [-0.2, -0.15) is 0 Å². The van der Waals surface area contributed by atoms with Gasteiger partial charge in [-0.15, -0.1) is 0 Å². The van der Waals surface area contributed by atoms with Crippen molar-refractivity contribution in [2.45, 2.75) is 83.1 Å². The lowest BCUT2D eigenvalue weighted by atomic mass is 10.0. The van der Waals surface area contributed by atoms with Crippen molar-refractivity contribution in [2.24, 2.45) is 17.4 Å². The second kappa shape index (κ2) is 14.8. The highest BCUT2D eigenvalue weighted by molar-refractivity contribution is 5.94. The molecule has 5 unspecified atom stereocenters. The minimum atomic E-state index is -1.64. The number of aliphatic hydroxyl groups is 1. The van der Waals surface area contributed by atoms with E-state index >= 15 is 0 Å². The van der Waals surface area contributed by atoms with Gasteiger partial charge in [0.15, 0.2) is 0 Å². The van der Waals surface area contributed by atoms with E-state index in [1.807, 2.05) is 13.8 Å². The Balaban J connectivity index is 5.48. The Morgan fingerprint density at radius 3 is 1.76 bits per heavy atom. The van der Waals surface area contributed by atoms with Gasteiger partial charge in [-0.1, -0.05) is 13.8 Å². The summed E-state index contributed by atoms with van der Waals surface area (Å²) in [5.41, 5.74) is 10.9. The van der Waals surface area contributed by atoms with Gasteiger partial charge in [0, 0.05) is 12.8 Å². The minimum Gasteiger partial charge on any atom is -0.481 e. The fourth-order valence-corrected chi connectivity index (χ4v) is 2.89. The molecular weight excluding hydrogens is 454 g/mol. The maximum absolute atomic E-state index is 12.8. The number of amides is 4. The molecule has 194 valence electrons. The number of carboxylic acids is 2. The van der Waals surface area contributed by atoms with Crippen molar-refractivity contribution in [1.29, 1.82) is 0 Å². The smallest absolute Gasteiger partial charge is 0.326 e. The van der Waals surface area contributed by atoms with Crippen molar-refractivity contribution >= 4 is 35.6 Å². The predicted molar refractivity (Wildman–Crippen MR) is 118 cm³/mol. The Hall–Kier alpha value is -3.26. The zero-order chi connectivity index (χ0) is 26.6. The third kappa shape index (κ3) is 12.1. The van der Waals surface area contributed by atoms with Gasteiger partial charge in [0.05, 0.1) is 12.1 Å². The highest BCUT2D eigenvalue weighted by Crippen LogP contribution is 2.06. The van der Waals surface area contributed by atoms with Crippen LogP contribution >= 0.6 is 0 Å². The molecule has 10 N–H and O–H groups in total. The first-order valence-corrected chi connectivity index (χ1v) is 10.7. The maximum atomic E-state index is 12.8. The van der Waals surface area contributed by atoms with E-state index in [-0.39, 0.29) is 18.8 Å². The van der Waals surface area contributed by atoms with Gasteiger partial charge in [0.2, 0.25) is 23.6 Å². The van der Waals surface area contributed by atoms with Crippen LogP contribution in [0.3, 0.4) is 0 Å². The van der Waals surface area contributed by atoms with Crippen LogP contribution in [0.15, 0.2) is 0 Å². The molecule has 14 nitrogen and oxygen atoms in total. The average molecular weight is 490 g/mol. The quantitative estimate of drug-likeness (QED) is 0.112. The number of hydrogen-bond donors (Lipinski definition) is 8. The fraction of sp³-hybridized carbons (Fsp3) is 0.700. The summed E-state index contributed by atoms with van der Waals surface area (Å²) in [7, 11) is 0. The molecule has 0 aliphatic heterocycles. The summed E-state index contributed by atoms with van der Waals surface area (Å²) in [5.74, 6) is -6.13. The molecule has 34 heavy (non-hydrogen) atoms. The fourth-order valence-electron chi connectivity index (χ4n) is 2.89. The number of carboxylic acid groups (broad SMARTS) is 2. The van der Waals surface area contributed by atoms with Crippen molar-refractivity contribution in [3.05, 3.63) is 0 Å². The van der Waals surface area contributed by atoms with Crippen LogP contribution in [0.5, 0.6) is 0 Å². The SMILES string of the molecule is CC(C)CC(N)C(=O)NC(CCC(N)=O)C(=O)NC(C(=O)NC(CCC(=O)O)C(=O)O)C(C)O. The Labute approximate surface area is 196 Å². The monoisotopic (exact) mass is 489 g/mol. The molecule has 0 aromatic carbocycles. The van der Waals surface area contributed by atoms with E-state index in [0.717, 1.165) is 6.92 Å². The lowest BCUT2D eigenvalue weighted by molar-refractivity contribution is -0.144. The number of carbonyl (C=O) groups is 6. The molecule has 0 fully saturated rings. The van der Waals surface area contributed by atoms with Gasteiger partial charge >= 0.3 is 11.9 Å². The number of nitrogens with two attached hydrogens (primary N) is 2. The Kier molecular flexibility index (Phi) is 13.4. The van der Waals surface area contributed by atoms with Gasteiger partial charge in [0.1, 0.15) is 18.1 Å². The van der Waals surface area contributed by atoms with Gasteiger partial charge in [-0.3, -0.25) is 24.0 Å². The summed E-state index contributed by atoms with van der Waals surface area (Å²) in [4.78, 5) is 70.9. The van der Waals surface area contributed by atoms with E-state index in [9.17, 15) is 39.0 Å². The molecule has 0 bridgehead atoms. The van der Waals surface area contributed by atoms with Crippen LogP contribution in [-0.4, -0.2) is 81.2 Å². The second-order valence-electron chi connectivity index (χ2n) is 8.36. The number of rotatable bonds is 16. The summed E-state index contributed by atoms with van der Waals surface area (Å²) in [6.07, 6.45) is -2.64. The molecule has 0 aliphatic carbocycles. The van der Waals surface area contributed by atoms with E-state index in [2.05, 4.69) is 16.0 Å². The Bertz CT molecular complexity index is 757. The Morgan fingerprint density at radius 1 is 0.794 bits per heavy atom. The highest BCUT2D eigenvalue weighted by atomic mass is 16.4. The zero-order valence-electron chi connectivity index (χ0n) is 19.4. The largest absolute Gasteiger partial charge is 0.481 e. The molecule has 5 atom stereocenters. The van der Waals surface area contributed by atoms with Crippen molar-refractivity contribution in [3.63, 3.8) is 0 Å². The van der Waals surface area contributed by atoms with Crippen LogP contribution in [0.25, 0.3) is 0 Å².